The first kappa shape index (κ1) is 26.5. The molecule has 1 amide bonds. The number of aromatic nitrogens is 6. The highest BCUT2D eigenvalue weighted by molar-refractivity contribution is 5.89. The van der Waals surface area contributed by atoms with Gasteiger partial charge in [0.1, 0.15) is 22.5 Å². The van der Waals surface area contributed by atoms with Crippen molar-refractivity contribution >= 4 is 28.9 Å². The van der Waals surface area contributed by atoms with Gasteiger partial charge in [-0.1, -0.05) is 13.3 Å². The van der Waals surface area contributed by atoms with Gasteiger partial charge in [-0.15, -0.1) is 5.10 Å². The molecule has 1 aliphatic rings. The Bertz CT molecular complexity index is 1190. The predicted octanol–water partition coefficient (Wildman–Crippen LogP) is 2.28. The Morgan fingerprint density at radius 3 is 2.76 bits per heavy atom. The van der Waals surface area contributed by atoms with Crippen LogP contribution in [-0.2, 0) is 11.3 Å². The summed E-state index contributed by atoms with van der Waals surface area (Å²) in [6.07, 6.45) is 5.27. The Kier molecular flexibility index (Phi) is 9.01. The highest BCUT2D eigenvalue weighted by atomic mass is 16.5. The third-order valence-corrected chi connectivity index (χ3v) is 6.47. The Balaban J connectivity index is 1.69. The van der Waals surface area contributed by atoms with E-state index in [0.29, 0.717) is 40.6 Å². The number of anilines is 2. The standard InChI is InChI=1S/C24H35N9O4/c1-4-5-16(8-11-34)27-22-21-18(28-23(29-22)30-24(35)37-3)13-26-33(21)14-19-20(36-2)12-17(31-32-19)15-6-9-25-10-7-15/h12-13,15-16,25,34H,4-11,14H2,1-3H3,(H2,27,28,29,30,35). The minimum atomic E-state index is -0.674. The first-order chi connectivity index (χ1) is 18.1. The van der Waals surface area contributed by atoms with E-state index in [2.05, 4.69) is 48.1 Å². The van der Waals surface area contributed by atoms with Crippen molar-refractivity contribution < 1.29 is 19.4 Å². The second kappa shape index (κ2) is 12.6. The summed E-state index contributed by atoms with van der Waals surface area (Å²) in [6, 6.07) is 1.94. The fourth-order valence-electron chi connectivity index (χ4n) is 4.56. The van der Waals surface area contributed by atoms with E-state index < -0.39 is 6.09 Å². The molecule has 200 valence electrons. The number of fused-ring (bicyclic) bond motifs is 1. The van der Waals surface area contributed by atoms with Gasteiger partial charge in [0, 0.05) is 24.6 Å². The number of aliphatic hydroxyl groups excluding tert-OH is 1. The number of carbonyl (C=O) groups is 1. The number of hydrogen-bond donors (Lipinski definition) is 4. The lowest BCUT2D eigenvalue weighted by Gasteiger charge is -2.22. The number of hydrogen-bond acceptors (Lipinski definition) is 11. The molecule has 0 aliphatic carbocycles. The minimum Gasteiger partial charge on any atom is -0.495 e. The molecule has 1 saturated heterocycles. The molecule has 4 heterocycles. The average Bonchev–Trinajstić information content (AvgIpc) is 3.32. The maximum Gasteiger partial charge on any atom is 0.413 e. The van der Waals surface area contributed by atoms with Crippen molar-refractivity contribution in [2.24, 2.45) is 0 Å². The lowest BCUT2D eigenvalue weighted by molar-refractivity contribution is 0.186. The number of methoxy groups -OCH3 is 2. The van der Waals surface area contributed by atoms with Crippen molar-refractivity contribution in [1.82, 2.24) is 35.3 Å². The van der Waals surface area contributed by atoms with Gasteiger partial charge in [-0.25, -0.2) is 9.78 Å². The SMILES string of the molecule is CCCC(CCO)Nc1nc(NC(=O)OC)nc2cnn(Cc3nnc(C4CCNCC4)cc3OC)c12. The van der Waals surface area contributed by atoms with Gasteiger partial charge in [0.25, 0.3) is 0 Å². The lowest BCUT2D eigenvalue weighted by Crippen LogP contribution is -2.27. The summed E-state index contributed by atoms with van der Waals surface area (Å²) in [7, 11) is 2.90. The van der Waals surface area contributed by atoms with Gasteiger partial charge in [0.05, 0.1) is 32.7 Å². The van der Waals surface area contributed by atoms with Crippen molar-refractivity contribution in [3.8, 4) is 5.75 Å². The molecule has 1 aliphatic heterocycles. The van der Waals surface area contributed by atoms with E-state index in [9.17, 15) is 9.90 Å². The second-order valence-electron chi connectivity index (χ2n) is 9.00. The molecular weight excluding hydrogens is 478 g/mol. The van der Waals surface area contributed by atoms with Crippen molar-refractivity contribution in [1.29, 1.82) is 0 Å². The average molecular weight is 514 g/mol. The van der Waals surface area contributed by atoms with Crippen molar-refractivity contribution in [3.63, 3.8) is 0 Å². The summed E-state index contributed by atoms with van der Waals surface area (Å²) in [5, 5.41) is 32.4. The molecule has 13 nitrogen and oxygen atoms in total. The molecule has 37 heavy (non-hydrogen) atoms. The summed E-state index contributed by atoms with van der Waals surface area (Å²) >= 11 is 0. The molecule has 3 aromatic heterocycles. The first-order valence-corrected chi connectivity index (χ1v) is 12.6. The number of rotatable bonds is 11. The van der Waals surface area contributed by atoms with E-state index >= 15 is 0 Å². The Morgan fingerprint density at radius 1 is 1.24 bits per heavy atom. The third kappa shape index (κ3) is 6.41. The highest BCUT2D eigenvalue weighted by Crippen LogP contribution is 2.29. The van der Waals surface area contributed by atoms with E-state index in [4.69, 9.17) is 9.47 Å². The van der Waals surface area contributed by atoms with Gasteiger partial charge < -0.3 is 25.2 Å². The zero-order valence-corrected chi connectivity index (χ0v) is 21.5. The van der Waals surface area contributed by atoms with Gasteiger partial charge in [-0.2, -0.15) is 15.2 Å². The van der Waals surface area contributed by atoms with Gasteiger partial charge in [0.2, 0.25) is 5.95 Å². The van der Waals surface area contributed by atoms with Gasteiger partial charge >= 0.3 is 6.09 Å². The molecule has 4 rings (SSSR count). The topological polar surface area (TPSA) is 161 Å². The molecule has 4 N–H and O–H groups in total. The number of nitrogens with zero attached hydrogens (tertiary/aromatic N) is 6. The van der Waals surface area contributed by atoms with Gasteiger partial charge in [0.15, 0.2) is 5.82 Å². The summed E-state index contributed by atoms with van der Waals surface area (Å²) in [4.78, 5) is 20.8. The van der Waals surface area contributed by atoms with Crippen LogP contribution in [0.4, 0.5) is 16.6 Å². The molecule has 13 heteroatoms. The van der Waals surface area contributed by atoms with Crippen LogP contribution in [0.2, 0.25) is 0 Å². The molecule has 0 radical (unpaired) electrons. The fraction of sp³-hybridized carbons (Fsp3) is 0.583. The van der Waals surface area contributed by atoms with Crippen LogP contribution in [0.15, 0.2) is 12.3 Å². The van der Waals surface area contributed by atoms with Crippen LogP contribution in [0.25, 0.3) is 11.0 Å². The summed E-state index contributed by atoms with van der Waals surface area (Å²) < 4.78 is 12.1. The van der Waals surface area contributed by atoms with Gasteiger partial charge in [-0.3, -0.25) is 10.00 Å². The fourth-order valence-corrected chi connectivity index (χ4v) is 4.56. The van der Waals surface area contributed by atoms with Crippen molar-refractivity contribution in [3.05, 3.63) is 23.7 Å². The zero-order chi connectivity index (χ0) is 26.2. The molecule has 0 aromatic carbocycles. The number of amides is 1. The van der Waals surface area contributed by atoms with Crippen molar-refractivity contribution in [2.45, 2.75) is 57.5 Å². The zero-order valence-electron chi connectivity index (χ0n) is 21.5. The summed E-state index contributed by atoms with van der Waals surface area (Å²) in [6.45, 7) is 4.33. The molecule has 1 fully saturated rings. The second-order valence-corrected chi connectivity index (χ2v) is 9.00. The van der Waals surface area contributed by atoms with E-state index in [1.165, 1.54) is 7.11 Å². The van der Waals surface area contributed by atoms with Crippen LogP contribution in [0.1, 0.15) is 56.3 Å². The third-order valence-electron chi connectivity index (χ3n) is 6.47. The maximum absolute atomic E-state index is 11.8. The first-order valence-electron chi connectivity index (χ1n) is 12.6. The van der Waals surface area contributed by atoms with Crippen LogP contribution < -0.4 is 20.7 Å². The number of piperidine rings is 1. The smallest absolute Gasteiger partial charge is 0.413 e. The quantitative estimate of drug-likeness (QED) is 0.298. The molecule has 0 saturated carbocycles. The van der Waals surface area contributed by atoms with E-state index in [1.54, 1.807) is 18.0 Å². The monoisotopic (exact) mass is 513 g/mol. The highest BCUT2D eigenvalue weighted by Gasteiger charge is 2.22. The van der Waals surface area contributed by atoms with Crippen LogP contribution in [0.3, 0.4) is 0 Å². The van der Waals surface area contributed by atoms with Crippen molar-refractivity contribution in [2.75, 3.05) is 44.5 Å². The van der Waals surface area contributed by atoms with Crippen LogP contribution in [-0.4, -0.2) is 81.1 Å². The molecule has 0 spiro atoms. The molecule has 1 atom stereocenters. The number of aliphatic hydroxyl groups is 1. The Morgan fingerprint density at radius 2 is 2.05 bits per heavy atom. The Hall–Kier alpha value is -3.58. The molecule has 3 aromatic rings. The number of ether oxygens (including phenoxy) is 2. The number of nitrogens with one attached hydrogen (secondary N) is 3. The van der Waals surface area contributed by atoms with Crippen LogP contribution >= 0.6 is 0 Å². The largest absolute Gasteiger partial charge is 0.495 e. The lowest BCUT2D eigenvalue weighted by atomic mass is 9.94. The molecular formula is C24H35N9O4. The predicted molar refractivity (Wildman–Crippen MR) is 138 cm³/mol. The van der Waals surface area contributed by atoms with Crippen LogP contribution in [0.5, 0.6) is 5.75 Å². The normalized spacial score (nSPS) is 14.9. The van der Waals surface area contributed by atoms with E-state index in [-0.39, 0.29) is 25.1 Å². The summed E-state index contributed by atoms with van der Waals surface area (Å²) in [5.74, 6) is 1.58. The number of carbonyl (C=O) groups excluding carboxylic acids is 1. The summed E-state index contributed by atoms with van der Waals surface area (Å²) in [5.41, 5.74) is 2.73. The maximum atomic E-state index is 11.8. The molecule has 0 bridgehead atoms. The van der Waals surface area contributed by atoms with Gasteiger partial charge in [-0.05, 0) is 38.8 Å². The Labute approximate surface area is 215 Å². The molecule has 1 unspecified atom stereocenters. The van der Waals surface area contributed by atoms with Crippen LogP contribution in [0, 0.1) is 0 Å². The van der Waals surface area contributed by atoms with E-state index in [0.717, 1.165) is 44.5 Å². The van der Waals surface area contributed by atoms with E-state index in [1.807, 2.05) is 6.07 Å². The minimum absolute atomic E-state index is 0.0268.